The molecule has 21 heavy (non-hydrogen) atoms. The van der Waals surface area contributed by atoms with Crippen LogP contribution < -0.4 is 10.1 Å². The molecule has 0 aliphatic carbocycles. The summed E-state index contributed by atoms with van der Waals surface area (Å²) in [6, 6.07) is 5.80. The van der Waals surface area contributed by atoms with Crippen LogP contribution >= 0.6 is 23.2 Å². The zero-order chi connectivity index (χ0) is 15.4. The number of rotatable bonds is 4. The van der Waals surface area contributed by atoms with Crippen LogP contribution in [-0.2, 0) is 0 Å². The molecule has 0 bridgehead atoms. The minimum atomic E-state index is -0.644. The number of hydrogen-bond acceptors (Lipinski definition) is 3. The maximum atomic E-state index is 13.1. The van der Waals surface area contributed by atoms with Gasteiger partial charge in [-0.3, -0.25) is 4.79 Å². The zero-order valence-corrected chi connectivity index (χ0v) is 12.5. The minimum Gasteiger partial charge on any atom is -0.492 e. The van der Waals surface area contributed by atoms with E-state index in [9.17, 15) is 9.18 Å². The molecule has 0 fully saturated rings. The lowest BCUT2D eigenvalue weighted by Crippen LogP contribution is -2.13. The molecule has 0 spiro atoms. The predicted molar refractivity (Wildman–Crippen MR) is 79.8 cm³/mol. The Labute approximate surface area is 130 Å². The Kier molecular flexibility index (Phi) is 4.98. The molecule has 0 atom stereocenters. The van der Waals surface area contributed by atoms with Gasteiger partial charge < -0.3 is 10.1 Å². The molecule has 1 heterocycles. The molecule has 4 nitrogen and oxygen atoms in total. The Hall–Kier alpha value is -1.85. The van der Waals surface area contributed by atoms with Crippen molar-refractivity contribution in [2.75, 3.05) is 11.9 Å². The van der Waals surface area contributed by atoms with Gasteiger partial charge in [-0.1, -0.05) is 23.2 Å². The highest BCUT2D eigenvalue weighted by molar-refractivity contribution is 6.33. The van der Waals surface area contributed by atoms with Gasteiger partial charge in [-0.25, -0.2) is 9.37 Å². The Morgan fingerprint density at radius 1 is 1.38 bits per heavy atom. The highest BCUT2D eigenvalue weighted by Gasteiger charge is 2.13. The summed E-state index contributed by atoms with van der Waals surface area (Å²) in [5, 5.41) is 2.85. The van der Waals surface area contributed by atoms with E-state index in [4.69, 9.17) is 27.9 Å². The van der Waals surface area contributed by atoms with Crippen LogP contribution in [0.2, 0.25) is 10.2 Å². The van der Waals surface area contributed by atoms with Crippen molar-refractivity contribution >= 4 is 34.8 Å². The number of carbonyl (C=O) groups excluding carboxylic acids is 1. The first-order valence-corrected chi connectivity index (χ1v) is 6.81. The molecule has 1 aromatic heterocycles. The standard InChI is InChI=1S/C14H11Cl2FN2O2/c1-2-21-12-4-3-9(6-11(12)15)19-14(20)10-5-8(17)7-18-13(10)16/h3-7H,2H2,1H3,(H,19,20). The molecule has 0 saturated carbocycles. The van der Waals surface area contributed by atoms with E-state index < -0.39 is 11.7 Å². The summed E-state index contributed by atoms with van der Waals surface area (Å²) >= 11 is 11.8. The normalized spacial score (nSPS) is 10.3. The molecule has 0 radical (unpaired) electrons. The van der Waals surface area contributed by atoms with E-state index in [1.54, 1.807) is 12.1 Å². The molecule has 1 aromatic carbocycles. The summed E-state index contributed by atoms with van der Waals surface area (Å²) in [6.07, 6.45) is 0.937. The smallest absolute Gasteiger partial charge is 0.258 e. The van der Waals surface area contributed by atoms with Gasteiger partial charge in [0.25, 0.3) is 5.91 Å². The van der Waals surface area contributed by atoms with Crippen molar-refractivity contribution in [1.29, 1.82) is 0 Å². The summed E-state index contributed by atoms with van der Waals surface area (Å²) in [5.41, 5.74) is 0.385. The van der Waals surface area contributed by atoms with E-state index in [0.29, 0.717) is 23.1 Å². The number of aromatic nitrogens is 1. The topological polar surface area (TPSA) is 51.2 Å². The number of pyridine rings is 1. The summed E-state index contributed by atoms with van der Waals surface area (Å²) in [4.78, 5) is 15.6. The van der Waals surface area contributed by atoms with Gasteiger partial charge in [0, 0.05) is 5.69 Å². The molecule has 0 saturated heterocycles. The molecule has 0 aliphatic rings. The van der Waals surface area contributed by atoms with Crippen molar-refractivity contribution in [2.24, 2.45) is 0 Å². The summed E-state index contributed by atoms with van der Waals surface area (Å²) in [7, 11) is 0. The van der Waals surface area contributed by atoms with E-state index in [1.165, 1.54) is 6.07 Å². The van der Waals surface area contributed by atoms with Crippen LogP contribution in [0.25, 0.3) is 0 Å². The molecule has 0 unspecified atom stereocenters. The first kappa shape index (κ1) is 15.5. The van der Waals surface area contributed by atoms with Crippen LogP contribution in [0.3, 0.4) is 0 Å². The monoisotopic (exact) mass is 328 g/mol. The molecule has 0 aliphatic heterocycles. The summed E-state index contributed by atoms with van der Waals surface area (Å²) in [6.45, 7) is 2.32. The Bertz CT molecular complexity index is 680. The van der Waals surface area contributed by atoms with E-state index in [0.717, 1.165) is 12.3 Å². The van der Waals surface area contributed by atoms with Crippen molar-refractivity contribution in [1.82, 2.24) is 4.98 Å². The fourth-order valence-electron chi connectivity index (χ4n) is 1.63. The van der Waals surface area contributed by atoms with E-state index in [-0.39, 0.29) is 10.7 Å². The second kappa shape index (κ2) is 6.74. The predicted octanol–water partition coefficient (Wildman–Crippen LogP) is 4.18. The Morgan fingerprint density at radius 3 is 2.81 bits per heavy atom. The van der Waals surface area contributed by atoms with Crippen molar-refractivity contribution in [3.8, 4) is 5.75 Å². The van der Waals surface area contributed by atoms with Crippen LogP contribution in [0.1, 0.15) is 17.3 Å². The Balaban J connectivity index is 2.19. The number of nitrogens with zero attached hydrogens (tertiary/aromatic N) is 1. The molecule has 2 aromatic rings. The van der Waals surface area contributed by atoms with Crippen molar-refractivity contribution < 1.29 is 13.9 Å². The van der Waals surface area contributed by atoms with Gasteiger partial charge in [-0.15, -0.1) is 0 Å². The fraction of sp³-hybridized carbons (Fsp3) is 0.143. The number of carbonyl (C=O) groups is 1. The second-order valence-electron chi connectivity index (χ2n) is 4.02. The van der Waals surface area contributed by atoms with Crippen molar-refractivity contribution in [3.63, 3.8) is 0 Å². The average molecular weight is 329 g/mol. The van der Waals surface area contributed by atoms with Crippen LogP contribution in [0.5, 0.6) is 5.75 Å². The number of nitrogens with one attached hydrogen (secondary N) is 1. The molecule has 2 rings (SSSR count). The van der Waals surface area contributed by atoms with E-state index in [2.05, 4.69) is 10.3 Å². The second-order valence-corrected chi connectivity index (χ2v) is 4.79. The van der Waals surface area contributed by atoms with Gasteiger partial charge in [-0.2, -0.15) is 0 Å². The highest BCUT2D eigenvalue weighted by Crippen LogP contribution is 2.28. The van der Waals surface area contributed by atoms with Crippen LogP contribution in [0.15, 0.2) is 30.5 Å². The molecule has 1 N–H and O–H groups in total. The third-order valence-corrected chi connectivity index (χ3v) is 3.14. The number of halogens is 3. The lowest BCUT2D eigenvalue weighted by Gasteiger charge is -2.09. The van der Waals surface area contributed by atoms with E-state index >= 15 is 0 Å². The van der Waals surface area contributed by atoms with Crippen LogP contribution in [0.4, 0.5) is 10.1 Å². The van der Waals surface area contributed by atoms with Gasteiger partial charge in [0.2, 0.25) is 0 Å². The number of benzene rings is 1. The molecular formula is C14H11Cl2FN2O2. The quantitative estimate of drug-likeness (QED) is 0.856. The fourth-order valence-corrected chi connectivity index (χ4v) is 2.06. The number of ether oxygens (including phenoxy) is 1. The third-order valence-electron chi connectivity index (χ3n) is 2.54. The maximum absolute atomic E-state index is 13.1. The number of amides is 1. The zero-order valence-electron chi connectivity index (χ0n) is 11.0. The largest absolute Gasteiger partial charge is 0.492 e. The lowest BCUT2D eigenvalue weighted by atomic mass is 10.2. The van der Waals surface area contributed by atoms with Gasteiger partial charge in [0.15, 0.2) is 0 Å². The summed E-state index contributed by atoms with van der Waals surface area (Å²) in [5.74, 6) is -0.705. The minimum absolute atomic E-state index is 0.0540. The summed E-state index contributed by atoms with van der Waals surface area (Å²) < 4.78 is 18.4. The highest BCUT2D eigenvalue weighted by atomic mass is 35.5. The molecule has 110 valence electrons. The SMILES string of the molecule is CCOc1ccc(NC(=O)c2cc(F)cnc2Cl)cc1Cl. The lowest BCUT2D eigenvalue weighted by molar-refractivity contribution is 0.102. The van der Waals surface area contributed by atoms with Crippen LogP contribution in [-0.4, -0.2) is 17.5 Å². The van der Waals surface area contributed by atoms with Gasteiger partial charge in [0.1, 0.15) is 16.7 Å². The average Bonchev–Trinajstić information content (AvgIpc) is 2.44. The number of anilines is 1. The van der Waals surface area contributed by atoms with Gasteiger partial charge in [0.05, 0.1) is 23.4 Å². The van der Waals surface area contributed by atoms with E-state index in [1.807, 2.05) is 6.92 Å². The molecule has 7 heteroatoms. The Morgan fingerprint density at radius 2 is 2.14 bits per heavy atom. The van der Waals surface area contributed by atoms with Crippen LogP contribution in [0, 0.1) is 5.82 Å². The first-order chi connectivity index (χ1) is 10.0. The van der Waals surface area contributed by atoms with Gasteiger partial charge in [-0.05, 0) is 31.2 Å². The molecular weight excluding hydrogens is 318 g/mol. The van der Waals surface area contributed by atoms with Crippen molar-refractivity contribution in [2.45, 2.75) is 6.92 Å². The van der Waals surface area contributed by atoms with Crippen molar-refractivity contribution in [3.05, 3.63) is 52.0 Å². The maximum Gasteiger partial charge on any atom is 0.258 e. The molecule has 1 amide bonds. The third kappa shape index (κ3) is 3.83. The number of hydrogen-bond donors (Lipinski definition) is 1. The first-order valence-electron chi connectivity index (χ1n) is 6.06. The van der Waals surface area contributed by atoms with Gasteiger partial charge >= 0.3 is 0 Å².